The molecule has 0 aromatic carbocycles. The number of rotatable bonds is 2. The van der Waals surface area contributed by atoms with Gasteiger partial charge < -0.3 is 15.0 Å². The zero-order chi connectivity index (χ0) is 15.2. The van der Waals surface area contributed by atoms with Crippen LogP contribution in [0.25, 0.3) is 0 Å². The highest BCUT2D eigenvalue weighted by Gasteiger charge is 2.57. The lowest BCUT2D eigenvalue weighted by Gasteiger charge is -2.26. The summed E-state index contributed by atoms with van der Waals surface area (Å²) in [6, 6.07) is 4.27. The molecule has 6 nitrogen and oxygen atoms in total. The summed E-state index contributed by atoms with van der Waals surface area (Å²) >= 11 is 2.13. The molecule has 1 N–H and O–H groups in total. The third-order valence-electron chi connectivity index (χ3n) is 3.79. The number of carbonyl (C=O) groups excluding carboxylic acids is 1. The van der Waals surface area contributed by atoms with Crippen molar-refractivity contribution in [2.24, 2.45) is 11.8 Å². The lowest BCUT2D eigenvalue weighted by molar-refractivity contribution is 0.0272. The van der Waals surface area contributed by atoms with E-state index in [-0.39, 0.29) is 6.09 Å². The number of halogens is 1. The summed E-state index contributed by atoms with van der Waals surface area (Å²) in [5, 5.41) is 11.5. The van der Waals surface area contributed by atoms with Crippen molar-refractivity contribution < 1.29 is 9.53 Å². The Morgan fingerprint density at radius 2 is 2.00 bits per heavy atom. The number of anilines is 1. The van der Waals surface area contributed by atoms with Gasteiger partial charge in [0.2, 0.25) is 0 Å². The Bertz CT molecular complexity index is 531. The summed E-state index contributed by atoms with van der Waals surface area (Å²) in [6.07, 6.45) is -0.206. The van der Waals surface area contributed by atoms with Gasteiger partial charge in [0.05, 0.1) is 0 Å². The van der Waals surface area contributed by atoms with Crippen LogP contribution in [0, 0.1) is 15.5 Å². The van der Waals surface area contributed by atoms with E-state index in [4.69, 9.17) is 4.74 Å². The standard InChI is InChI=1S/C14H19IN4O2/c1-14(2,3)21-13(20)19-6-8-9(7-19)12(8)16-11-5-4-10(15)17-18-11/h4-5,8-9,12H,6-7H2,1-3H3,(H,16,18)/t8-,9+,12+. The van der Waals surface area contributed by atoms with Gasteiger partial charge in [-0.2, -0.15) is 0 Å². The topological polar surface area (TPSA) is 67.3 Å². The molecule has 0 unspecified atom stereocenters. The van der Waals surface area contributed by atoms with E-state index < -0.39 is 5.60 Å². The van der Waals surface area contributed by atoms with Crippen LogP contribution >= 0.6 is 22.6 Å². The van der Waals surface area contributed by atoms with Gasteiger partial charge in [-0.3, -0.25) is 0 Å². The van der Waals surface area contributed by atoms with Gasteiger partial charge in [0.1, 0.15) is 15.1 Å². The molecule has 2 aliphatic rings. The van der Waals surface area contributed by atoms with E-state index >= 15 is 0 Å². The third kappa shape index (κ3) is 3.38. The molecule has 0 radical (unpaired) electrons. The molecule has 0 bridgehead atoms. The van der Waals surface area contributed by atoms with Gasteiger partial charge in [0.15, 0.2) is 0 Å². The SMILES string of the molecule is CC(C)(C)OC(=O)N1C[C@@H]2[C@H](C1)[C@H]2Nc1ccc(I)nn1. The number of carbonyl (C=O) groups is 1. The molecule has 1 saturated heterocycles. The van der Waals surface area contributed by atoms with Gasteiger partial charge in [-0.25, -0.2) is 4.79 Å². The van der Waals surface area contributed by atoms with Crippen molar-refractivity contribution in [3.05, 3.63) is 15.8 Å². The first-order valence-corrected chi connectivity index (χ1v) is 8.15. The first-order valence-electron chi connectivity index (χ1n) is 7.07. The fourth-order valence-corrected chi connectivity index (χ4v) is 3.07. The van der Waals surface area contributed by atoms with Crippen LogP contribution < -0.4 is 5.32 Å². The summed E-state index contributed by atoms with van der Waals surface area (Å²) in [7, 11) is 0. The van der Waals surface area contributed by atoms with Crippen LogP contribution in [-0.2, 0) is 4.74 Å². The lowest BCUT2D eigenvalue weighted by Crippen LogP contribution is -2.38. The molecule has 1 amide bonds. The second-order valence-corrected chi connectivity index (χ2v) is 7.73. The number of nitrogens with zero attached hydrogens (tertiary/aromatic N) is 3. The number of aromatic nitrogens is 2. The zero-order valence-corrected chi connectivity index (χ0v) is 14.5. The van der Waals surface area contributed by atoms with E-state index in [0.717, 1.165) is 22.6 Å². The van der Waals surface area contributed by atoms with Crippen LogP contribution in [0.4, 0.5) is 10.6 Å². The summed E-state index contributed by atoms with van der Waals surface area (Å²) in [4.78, 5) is 13.8. The molecule has 1 aromatic heterocycles. The Labute approximate surface area is 137 Å². The van der Waals surface area contributed by atoms with Gasteiger partial charge >= 0.3 is 6.09 Å². The first kappa shape index (κ1) is 14.8. The van der Waals surface area contributed by atoms with Crippen LogP contribution in [-0.4, -0.2) is 45.9 Å². The number of piperidine rings is 1. The number of amides is 1. The average molecular weight is 402 g/mol. The highest BCUT2D eigenvalue weighted by atomic mass is 127. The number of hydrogen-bond acceptors (Lipinski definition) is 5. The fourth-order valence-electron chi connectivity index (χ4n) is 2.78. The van der Waals surface area contributed by atoms with Crippen molar-refractivity contribution in [2.75, 3.05) is 18.4 Å². The van der Waals surface area contributed by atoms with E-state index in [2.05, 4.69) is 38.1 Å². The second kappa shape index (κ2) is 5.26. The predicted octanol–water partition coefficient (Wildman–Crippen LogP) is 2.36. The monoisotopic (exact) mass is 402 g/mol. The maximum Gasteiger partial charge on any atom is 0.410 e. The van der Waals surface area contributed by atoms with Gasteiger partial charge in [0, 0.05) is 31.0 Å². The van der Waals surface area contributed by atoms with E-state index in [1.807, 2.05) is 32.9 Å². The van der Waals surface area contributed by atoms with Crippen molar-refractivity contribution in [3.63, 3.8) is 0 Å². The van der Waals surface area contributed by atoms with Crippen LogP contribution in [0.3, 0.4) is 0 Å². The summed E-state index contributed by atoms with van der Waals surface area (Å²) in [5.41, 5.74) is -0.432. The molecule has 1 aromatic rings. The smallest absolute Gasteiger partial charge is 0.410 e. The van der Waals surface area contributed by atoms with Gasteiger partial charge in [0.25, 0.3) is 0 Å². The number of ether oxygens (including phenoxy) is 1. The van der Waals surface area contributed by atoms with Crippen molar-refractivity contribution in [1.29, 1.82) is 0 Å². The molecule has 3 atom stereocenters. The van der Waals surface area contributed by atoms with Crippen LogP contribution in [0.5, 0.6) is 0 Å². The number of likely N-dealkylation sites (tertiary alicyclic amines) is 1. The number of fused-ring (bicyclic) bond motifs is 1. The predicted molar refractivity (Wildman–Crippen MR) is 86.9 cm³/mol. The minimum Gasteiger partial charge on any atom is -0.444 e. The second-order valence-electron chi connectivity index (χ2n) is 6.62. The Kier molecular flexibility index (Phi) is 3.71. The average Bonchev–Trinajstić information content (AvgIpc) is 2.83. The molecule has 7 heteroatoms. The van der Waals surface area contributed by atoms with E-state index in [9.17, 15) is 4.79 Å². The lowest BCUT2D eigenvalue weighted by atomic mass is 10.2. The molecule has 0 spiro atoms. The maximum absolute atomic E-state index is 12.0. The molecule has 1 aliphatic carbocycles. The van der Waals surface area contributed by atoms with E-state index in [1.165, 1.54) is 0 Å². The van der Waals surface area contributed by atoms with Gasteiger partial charge in [-0.1, -0.05) is 0 Å². The van der Waals surface area contributed by atoms with Crippen LogP contribution in [0.15, 0.2) is 12.1 Å². The molecule has 1 saturated carbocycles. The minimum atomic E-state index is -0.432. The molecular weight excluding hydrogens is 383 g/mol. The van der Waals surface area contributed by atoms with Crippen molar-refractivity contribution in [1.82, 2.24) is 15.1 Å². The van der Waals surface area contributed by atoms with E-state index in [1.54, 1.807) is 4.90 Å². The Morgan fingerprint density at radius 3 is 2.52 bits per heavy atom. The first-order chi connectivity index (χ1) is 9.83. The third-order valence-corrected chi connectivity index (χ3v) is 4.37. The molecule has 1 aliphatic heterocycles. The van der Waals surface area contributed by atoms with Crippen molar-refractivity contribution in [2.45, 2.75) is 32.4 Å². The molecule has 21 heavy (non-hydrogen) atoms. The summed E-state index contributed by atoms with van der Waals surface area (Å²) in [5.74, 6) is 1.80. The molecular formula is C14H19IN4O2. The quantitative estimate of drug-likeness (QED) is 0.770. The molecule has 2 heterocycles. The molecule has 2 fully saturated rings. The van der Waals surface area contributed by atoms with Crippen LogP contribution in [0.1, 0.15) is 20.8 Å². The summed E-state index contributed by atoms with van der Waals surface area (Å²) in [6.45, 7) is 7.19. The number of hydrogen-bond donors (Lipinski definition) is 1. The maximum atomic E-state index is 12.0. The van der Waals surface area contributed by atoms with Crippen molar-refractivity contribution >= 4 is 34.5 Å². The number of nitrogens with one attached hydrogen (secondary N) is 1. The van der Waals surface area contributed by atoms with Gasteiger partial charge in [-0.15, -0.1) is 10.2 Å². The Hall–Kier alpha value is -1.12. The molecule has 3 rings (SSSR count). The highest BCUT2D eigenvalue weighted by molar-refractivity contribution is 14.1. The summed E-state index contributed by atoms with van der Waals surface area (Å²) < 4.78 is 6.28. The Balaban J connectivity index is 1.50. The zero-order valence-electron chi connectivity index (χ0n) is 12.3. The normalized spacial score (nSPS) is 27.2. The molecule has 114 valence electrons. The van der Waals surface area contributed by atoms with E-state index in [0.29, 0.717) is 17.9 Å². The van der Waals surface area contributed by atoms with Gasteiger partial charge in [-0.05, 0) is 55.5 Å². The Morgan fingerprint density at radius 1 is 1.33 bits per heavy atom. The highest BCUT2D eigenvalue weighted by Crippen LogP contribution is 2.47. The largest absolute Gasteiger partial charge is 0.444 e. The minimum absolute atomic E-state index is 0.206. The van der Waals surface area contributed by atoms with Crippen LogP contribution in [0.2, 0.25) is 0 Å². The fraction of sp³-hybridized carbons (Fsp3) is 0.643. The van der Waals surface area contributed by atoms with Crippen molar-refractivity contribution in [3.8, 4) is 0 Å².